The van der Waals surface area contributed by atoms with Gasteiger partial charge in [0, 0.05) is 13.2 Å². The van der Waals surface area contributed by atoms with Crippen molar-refractivity contribution < 1.29 is 13.9 Å². The van der Waals surface area contributed by atoms with Gasteiger partial charge in [-0.15, -0.1) is 0 Å². The molecule has 1 saturated heterocycles. The number of aromatic nitrogens is 1. The van der Waals surface area contributed by atoms with E-state index in [0.29, 0.717) is 18.8 Å². The normalized spacial score (nSPS) is 21.4. The van der Waals surface area contributed by atoms with Gasteiger partial charge in [0.05, 0.1) is 11.8 Å². The third-order valence-corrected chi connectivity index (χ3v) is 2.16. The Labute approximate surface area is 82.2 Å². The lowest BCUT2D eigenvalue weighted by Crippen LogP contribution is -2.16. The van der Waals surface area contributed by atoms with Crippen LogP contribution >= 0.6 is 0 Å². The van der Waals surface area contributed by atoms with Gasteiger partial charge >= 0.3 is 6.08 Å². The van der Waals surface area contributed by atoms with Gasteiger partial charge in [-0.1, -0.05) is 0 Å². The van der Waals surface area contributed by atoms with E-state index in [1.165, 1.54) is 6.26 Å². The first-order chi connectivity index (χ1) is 6.88. The second kappa shape index (κ2) is 4.43. The van der Waals surface area contributed by atoms with Crippen LogP contribution < -0.4 is 10.5 Å². The van der Waals surface area contributed by atoms with E-state index < -0.39 is 0 Å². The molecule has 0 aliphatic carbocycles. The fourth-order valence-corrected chi connectivity index (χ4v) is 1.39. The summed E-state index contributed by atoms with van der Waals surface area (Å²) >= 11 is 0. The maximum Gasteiger partial charge on any atom is 0.393 e. The quantitative estimate of drug-likeness (QED) is 0.770. The first-order valence-corrected chi connectivity index (χ1v) is 4.77. The Morgan fingerprint density at radius 1 is 1.64 bits per heavy atom. The van der Waals surface area contributed by atoms with Crippen molar-refractivity contribution >= 4 is 0 Å². The third-order valence-electron chi connectivity index (χ3n) is 2.16. The molecule has 1 atom stereocenters. The van der Waals surface area contributed by atoms with Gasteiger partial charge in [0.25, 0.3) is 0 Å². The van der Waals surface area contributed by atoms with Gasteiger partial charge in [-0.05, 0) is 12.8 Å². The van der Waals surface area contributed by atoms with Crippen molar-refractivity contribution in [1.29, 1.82) is 0 Å². The van der Waals surface area contributed by atoms with Crippen molar-refractivity contribution in [3.8, 4) is 6.08 Å². The van der Waals surface area contributed by atoms with E-state index in [1.807, 2.05) is 0 Å². The van der Waals surface area contributed by atoms with Crippen molar-refractivity contribution in [2.45, 2.75) is 25.5 Å². The Balaban J connectivity index is 1.79. The highest BCUT2D eigenvalue weighted by Gasteiger charge is 2.17. The molecular formula is C9H14N2O3. The molecule has 5 nitrogen and oxygen atoms in total. The minimum Gasteiger partial charge on any atom is -0.447 e. The molecule has 2 rings (SSSR count). The van der Waals surface area contributed by atoms with Crippen LogP contribution in [0.3, 0.4) is 0 Å². The van der Waals surface area contributed by atoms with Crippen molar-refractivity contribution in [2.24, 2.45) is 5.73 Å². The molecule has 1 aromatic rings. The minimum atomic E-state index is 0.184. The molecule has 0 aromatic carbocycles. The summed E-state index contributed by atoms with van der Waals surface area (Å²) in [5, 5.41) is 0. The highest BCUT2D eigenvalue weighted by molar-refractivity contribution is 4.98. The molecule has 0 spiro atoms. The van der Waals surface area contributed by atoms with E-state index >= 15 is 0 Å². The summed E-state index contributed by atoms with van der Waals surface area (Å²) in [7, 11) is 0. The highest BCUT2D eigenvalue weighted by atomic mass is 16.6. The largest absolute Gasteiger partial charge is 0.447 e. The van der Waals surface area contributed by atoms with Crippen molar-refractivity contribution in [1.82, 2.24) is 4.98 Å². The predicted molar refractivity (Wildman–Crippen MR) is 48.9 cm³/mol. The van der Waals surface area contributed by atoms with Crippen LogP contribution in [-0.4, -0.2) is 24.3 Å². The van der Waals surface area contributed by atoms with E-state index in [4.69, 9.17) is 19.6 Å². The zero-order valence-electron chi connectivity index (χ0n) is 7.94. The van der Waals surface area contributed by atoms with E-state index in [2.05, 4.69) is 4.98 Å². The average molecular weight is 198 g/mol. The molecule has 0 bridgehead atoms. The van der Waals surface area contributed by atoms with Gasteiger partial charge < -0.3 is 19.6 Å². The third kappa shape index (κ3) is 2.24. The molecule has 1 aromatic heterocycles. The Morgan fingerprint density at radius 3 is 3.21 bits per heavy atom. The van der Waals surface area contributed by atoms with E-state index in [9.17, 15) is 0 Å². The molecule has 5 heteroatoms. The smallest absolute Gasteiger partial charge is 0.393 e. The fraction of sp³-hybridized carbons (Fsp3) is 0.667. The summed E-state index contributed by atoms with van der Waals surface area (Å²) in [5.74, 6) is 0. The van der Waals surface area contributed by atoms with Crippen LogP contribution in [-0.2, 0) is 11.3 Å². The van der Waals surface area contributed by atoms with Gasteiger partial charge in [-0.2, -0.15) is 4.98 Å². The van der Waals surface area contributed by atoms with Crippen LogP contribution in [0.1, 0.15) is 18.5 Å². The second-order valence-electron chi connectivity index (χ2n) is 3.25. The van der Waals surface area contributed by atoms with E-state index in [0.717, 1.165) is 19.4 Å². The van der Waals surface area contributed by atoms with E-state index in [1.54, 1.807) is 0 Å². The zero-order chi connectivity index (χ0) is 9.80. The molecular weight excluding hydrogens is 184 g/mol. The Morgan fingerprint density at radius 2 is 2.57 bits per heavy atom. The number of hydrogen-bond acceptors (Lipinski definition) is 5. The molecule has 1 fully saturated rings. The Bertz CT molecular complexity index is 281. The molecule has 0 radical (unpaired) electrons. The number of hydrogen-bond donors (Lipinski definition) is 1. The molecule has 1 unspecified atom stereocenters. The number of rotatable bonds is 4. The lowest BCUT2D eigenvalue weighted by molar-refractivity contribution is 0.0565. The van der Waals surface area contributed by atoms with Crippen LogP contribution in [0.5, 0.6) is 6.08 Å². The molecule has 1 aliphatic heterocycles. The SMILES string of the molecule is NCc1coc(OCC2CCCO2)n1. The summed E-state index contributed by atoms with van der Waals surface area (Å²) in [5.41, 5.74) is 6.08. The minimum absolute atomic E-state index is 0.184. The summed E-state index contributed by atoms with van der Waals surface area (Å²) in [6.45, 7) is 1.70. The maximum atomic E-state index is 5.39. The van der Waals surface area contributed by atoms with Gasteiger partial charge in [0.1, 0.15) is 12.9 Å². The number of nitrogens with two attached hydrogens (primary N) is 1. The monoisotopic (exact) mass is 198 g/mol. The number of oxazole rings is 1. The molecule has 2 N–H and O–H groups in total. The lowest BCUT2D eigenvalue weighted by Gasteiger charge is -2.07. The summed E-state index contributed by atoms with van der Waals surface area (Å²) < 4.78 is 15.7. The fourth-order valence-electron chi connectivity index (χ4n) is 1.39. The van der Waals surface area contributed by atoms with Gasteiger partial charge in [0.2, 0.25) is 0 Å². The maximum absolute atomic E-state index is 5.39. The summed E-state index contributed by atoms with van der Waals surface area (Å²) in [6.07, 6.45) is 4.12. The van der Waals surface area contributed by atoms with Gasteiger partial charge in [0.15, 0.2) is 0 Å². The molecule has 2 heterocycles. The van der Waals surface area contributed by atoms with Crippen molar-refractivity contribution in [2.75, 3.05) is 13.2 Å². The first-order valence-electron chi connectivity index (χ1n) is 4.77. The number of nitrogens with zero attached hydrogens (tertiary/aromatic N) is 1. The highest BCUT2D eigenvalue weighted by Crippen LogP contribution is 2.15. The molecule has 78 valence electrons. The summed E-state index contributed by atoms with van der Waals surface area (Å²) in [4.78, 5) is 4.02. The summed E-state index contributed by atoms with van der Waals surface area (Å²) in [6, 6.07) is 0. The van der Waals surface area contributed by atoms with Crippen molar-refractivity contribution in [3.05, 3.63) is 12.0 Å². The topological polar surface area (TPSA) is 70.5 Å². The van der Waals surface area contributed by atoms with Crippen LogP contribution in [0.15, 0.2) is 10.7 Å². The second-order valence-corrected chi connectivity index (χ2v) is 3.25. The Kier molecular flexibility index (Phi) is 3.00. The van der Waals surface area contributed by atoms with Crippen LogP contribution in [0.2, 0.25) is 0 Å². The predicted octanol–water partition coefficient (Wildman–Crippen LogP) is 0.691. The van der Waals surface area contributed by atoms with Gasteiger partial charge in [-0.3, -0.25) is 0 Å². The van der Waals surface area contributed by atoms with E-state index in [-0.39, 0.29) is 12.2 Å². The molecule has 0 amide bonds. The standard InChI is InChI=1S/C9H14N2O3/c10-4-7-5-13-9(11-7)14-6-8-2-1-3-12-8/h5,8H,1-4,6,10H2. The lowest BCUT2D eigenvalue weighted by atomic mass is 10.2. The average Bonchev–Trinajstić information content (AvgIpc) is 2.86. The van der Waals surface area contributed by atoms with Gasteiger partial charge in [-0.25, -0.2) is 0 Å². The molecule has 1 aliphatic rings. The van der Waals surface area contributed by atoms with Crippen LogP contribution in [0, 0.1) is 0 Å². The Hall–Kier alpha value is -1.07. The molecule has 0 saturated carbocycles. The number of ether oxygens (including phenoxy) is 2. The molecule has 14 heavy (non-hydrogen) atoms. The van der Waals surface area contributed by atoms with Crippen LogP contribution in [0.4, 0.5) is 0 Å². The first kappa shape index (κ1) is 9.48. The van der Waals surface area contributed by atoms with Crippen LogP contribution in [0.25, 0.3) is 0 Å². The van der Waals surface area contributed by atoms with Crippen molar-refractivity contribution in [3.63, 3.8) is 0 Å². The zero-order valence-corrected chi connectivity index (χ0v) is 7.94.